The third kappa shape index (κ3) is 5.93. The van der Waals surface area contributed by atoms with Gasteiger partial charge >= 0.3 is 12.1 Å². The predicted molar refractivity (Wildman–Crippen MR) is 120 cm³/mol. The number of unbranched alkanes of at least 4 members (excludes halogenated alkanes) is 2. The van der Waals surface area contributed by atoms with Gasteiger partial charge in [-0.05, 0) is 37.1 Å². The van der Waals surface area contributed by atoms with E-state index in [1.165, 1.54) is 23.1 Å². The van der Waals surface area contributed by atoms with E-state index in [2.05, 4.69) is 0 Å². The third-order valence-electron chi connectivity index (χ3n) is 4.61. The van der Waals surface area contributed by atoms with Crippen LogP contribution in [0.4, 0.5) is 13.2 Å². The number of furan rings is 1. The molecule has 2 aromatic rings. The van der Waals surface area contributed by atoms with Gasteiger partial charge in [0.25, 0.3) is 5.91 Å². The van der Waals surface area contributed by atoms with Gasteiger partial charge in [0.2, 0.25) is 0 Å². The fourth-order valence-corrected chi connectivity index (χ4v) is 4.61. The summed E-state index contributed by atoms with van der Waals surface area (Å²) in [5.74, 6) is -0.470. The Balaban J connectivity index is 1.67. The highest BCUT2D eigenvalue weighted by Crippen LogP contribution is 2.38. The van der Waals surface area contributed by atoms with Gasteiger partial charge in [-0.3, -0.25) is 14.5 Å². The van der Waals surface area contributed by atoms with Crippen LogP contribution in [0.25, 0.3) is 17.4 Å². The number of hydrogen-bond acceptors (Lipinski definition) is 5. The van der Waals surface area contributed by atoms with Gasteiger partial charge in [0.1, 0.15) is 15.8 Å². The predicted octanol–water partition coefficient (Wildman–Crippen LogP) is 6.47. The van der Waals surface area contributed by atoms with Gasteiger partial charge in [-0.15, -0.1) is 0 Å². The van der Waals surface area contributed by atoms with Crippen molar-refractivity contribution < 1.29 is 32.3 Å². The maximum atomic E-state index is 12.9. The van der Waals surface area contributed by atoms with Crippen molar-refractivity contribution in [3.8, 4) is 11.3 Å². The van der Waals surface area contributed by atoms with Crippen LogP contribution in [0.15, 0.2) is 39.7 Å². The van der Waals surface area contributed by atoms with Crippen LogP contribution in [-0.2, 0) is 15.8 Å². The Morgan fingerprint density at radius 3 is 2.62 bits per heavy atom. The maximum absolute atomic E-state index is 12.9. The molecule has 11 heteroatoms. The minimum absolute atomic E-state index is 0.0866. The van der Waals surface area contributed by atoms with Gasteiger partial charge in [-0.25, -0.2) is 0 Å². The van der Waals surface area contributed by atoms with Gasteiger partial charge < -0.3 is 9.52 Å². The SMILES string of the molecule is O=C(O)CCCCCN1C(=O)C(=Cc2ccc(-c3ccc(C(F)(F)F)c(Cl)c3)o2)SC1=S. The Morgan fingerprint density at radius 2 is 1.97 bits per heavy atom. The molecule has 0 atom stereocenters. The fraction of sp³-hybridized carbons (Fsp3) is 0.286. The smallest absolute Gasteiger partial charge is 0.417 e. The lowest BCUT2D eigenvalue weighted by molar-refractivity contribution is -0.138. The Kier molecular flexibility index (Phi) is 7.68. The van der Waals surface area contributed by atoms with Crippen LogP contribution in [0.1, 0.15) is 37.0 Å². The first-order valence-corrected chi connectivity index (χ1v) is 11.1. The molecule has 0 spiro atoms. The van der Waals surface area contributed by atoms with E-state index >= 15 is 0 Å². The van der Waals surface area contributed by atoms with Crippen LogP contribution in [0.3, 0.4) is 0 Å². The molecule has 2 heterocycles. The van der Waals surface area contributed by atoms with Crippen LogP contribution in [0, 0.1) is 0 Å². The average Bonchev–Trinajstić information content (AvgIpc) is 3.26. The molecule has 170 valence electrons. The zero-order valence-corrected chi connectivity index (χ0v) is 18.8. The highest BCUT2D eigenvalue weighted by atomic mass is 35.5. The molecule has 0 aliphatic carbocycles. The largest absolute Gasteiger partial charge is 0.481 e. The van der Waals surface area contributed by atoms with E-state index in [4.69, 9.17) is 33.3 Å². The number of carbonyl (C=O) groups is 2. The summed E-state index contributed by atoms with van der Waals surface area (Å²) in [6, 6.07) is 6.51. The topological polar surface area (TPSA) is 70.8 Å². The lowest BCUT2D eigenvalue weighted by Gasteiger charge is -2.13. The lowest BCUT2D eigenvalue weighted by atomic mass is 10.1. The van der Waals surface area contributed by atoms with E-state index in [0.717, 1.165) is 17.8 Å². The standard InChI is InChI=1S/C21H17ClF3NO4S2/c22-15-10-12(5-7-14(15)21(23,24)25)16-8-6-13(30-16)11-17-19(29)26(20(31)32-17)9-3-1-2-4-18(27)28/h5-8,10-11H,1-4,9H2,(H,27,28). The molecule has 1 aromatic heterocycles. The molecule has 1 aliphatic heterocycles. The van der Waals surface area contributed by atoms with Crippen molar-refractivity contribution in [1.29, 1.82) is 0 Å². The number of carbonyl (C=O) groups excluding carboxylic acids is 1. The average molecular weight is 504 g/mol. The van der Waals surface area contributed by atoms with E-state index in [9.17, 15) is 22.8 Å². The van der Waals surface area contributed by atoms with Crippen molar-refractivity contribution in [2.45, 2.75) is 31.9 Å². The van der Waals surface area contributed by atoms with E-state index in [0.29, 0.717) is 52.1 Å². The third-order valence-corrected chi connectivity index (χ3v) is 6.30. The van der Waals surface area contributed by atoms with Crippen molar-refractivity contribution in [2.24, 2.45) is 0 Å². The summed E-state index contributed by atoms with van der Waals surface area (Å²) in [6.07, 6.45) is -1.10. The fourth-order valence-electron chi connectivity index (χ4n) is 3.03. The summed E-state index contributed by atoms with van der Waals surface area (Å²) >= 11 is 12.2. The molecule has 32 heavy (non-hydrogen) atoms. The molecule has 1 aromatic carbocycles. The summed E-state index contributed by atoms with van der Waals surface area (Å²) in [4.78, 5) is 25.0. The Bertz CT molecular complexity index is 1080. The normalized spacial score (nSPS) is 15.8. The monoisotopic (exact) mass is 503 g/mol. The number of rotatable bonds is 8. The molecule has 0 bridgehead atoms. The molecule has 3 rings (SSSR count). The zero-order chi connectivity index (χ0) is 23.5. The van der Waals surface area contributed by atoms with Crippen LogP contribution in [-0.4, -0.2) is 32.7 Å². The van der Waals surface area contributed by atoms with E-state index in [1.807, 2.05) is 0 Å². The second kappa shape index (κ2) is 10.1. The zero-order valence-electron chi connectivity index (χ0n) is 16.4. The number of carboxylic acids is 1. The van der Waals surface area contributed by atoms with Crippen molar-refractivity contribution in [3.05, 3.63) is 51.6 Å². The molecule has 5 nitrogen and oxygen atoms in total. The molecule has 1 amide bonds. The molecule has 0 saturated carbocycles. The van der Waals surface area contributed by atoms with E-state index < -0.39 is 22.7 Å². The molecular formula is C21H17ClF3NO4S2. The number of thiocarbonyl (C=S) groups is 1. The highest BCUT2D eigenvalue weighted by Gasteiger charge is 2.33. The molecular weight excluding hydrogens is 487 g/mol. The van der Waals surface area contributed by atoms with Crippen LogP contribution < -0.4 is 0 Å². The van der Waals surface area contributed by atoms with Gasteiger partial charge in [-0.1, -0.05) is 48.1 Å². The number of aliphatic carboxylic acids is 1. The van der Waals surface area contributed by atoms with Crippen LogP contribution in [0.5, 0.6) is 0 Å². The van der Waals surface area contributed by atoms with E-state index in [1.54, 1.807) is 12.1 Å². The quantitative estimate of drug-likeness (QED) is 0.253. The first kappa shape index (κ1) is 24.3. The highest BCUT2D eigenvalue weighted by molar-refractivity contribution is 8.26. The molecule has 1 aliphatic rings. The van der Waals surface area contributed by atoms with E-state index in [-0.39, 0.29) is 12.3 Å². The molecule has 0 unspecified atom stereocenters. The number of carboxylic acid groups (broad SMARTS) is 1. The second-order valence-electron chi connectivity index (χ2n) is 6.93. The molecule has 1 N–H and O–H groups in total. The Hall–Kier alpha value is -2.30. The number of benzene rings is 1. The van der Waals surface area contributed by atoms with Gasteiger partial charge in [0.15, 0.2) is 0 Å². The summed E-state index contributed by atoms with van der Waals surface area (Å²) in [6.45, 7) is 0.398. The Labute approximate surface area is 196 Å². The first-order chi connectivity index (χ1) is 15.1. The summed E-state index contributed by atoms with van der Waals surface area (Å²) < 4.78 is 44.7. The first-order valence-electron chi connectivity index (χ1n) is 9.50. The van der Waals surface area contributed by atoms with Crippen molar-refractivity contribution in [3.63, 3.8) is 0 Å². The van der Waals surface area contributed by atoms with Crippen LogP contribution >= 0.6 is 35.6 Å². The number of thioether (sulfide) groups is 1. The summed E-state index contributed by atoms with van der Waals surface area (Å²) in [5.41, 5.74) is -0.558. The molecule has 1 fully saturated rings. The minimum Gasteiger partial charge on any atom is -0.481 e. The number of halogens is 4. The summed E-state index contributed by atoms with van der Waals surface area (Å²) in [5, 5.41) is 8.23. The molecule has 1 saturated heterocycles. The van der Waals surface area contributed by atoms with Crippen molar-refractivity contribution in [2.75, 3.05) is 6.54 Å². The number of amides is 1. The number of hydrogen-bond donors (Lipinski definition) is 1. The number of alkyl halides is 3. The summed E-state index contributed by atoms with van der Waals surface area (Å²) in [7, 11) is 0. The molecule has 0 radical (unpaired) electrons. The van der Waals surface area contributed by atoms with Gasteiger partial charge in [0, 0.05) is 24.6 Å². The Morgan fingerprint density at radius 1 is 1.22 bits per heavy atom. The van der Waals surface area contributed by atoms with Gasteiger partial charge in [0.05, 0.1) is 15.5 Å². The second-order valence-corrected chi connectivity index (χ2v) is 9.02. The van der Waals surface area contributed by atoms with Crippen molar-refractivity contribution in [1.82, 2.24) is 4.90 Å². The maximum Gasteiger partial charge on any atom is 0.417 e. The minimum atomic E-state index is -4.55. The number of nitrogens with zero attached hydrogens (tertiary/aromatic N) is 1. The van der Waals surface area contributed by atoms with Gasteiger partial charge in [-0.2, -0.15) is 13.2 Å². The van der Waals surface area contributed by atoms with Crippen molar-refractivity contribution >= 4 is 57.9 Å². The lowest BCUT2D eigenvalue weighted by Crippen LogP contribution is -2.29. The van der Waals surface area contributed by atoms with Crippen LogP contribution in [0.2, 0.25) is 5.02 Å².